The first-order valence-electron chi connectivity index (χ1n) is 7.14. The van der Waals surface area contributed by atoms with Gasteiger partial charge in [0.2, 0.25) is 5.91 Å². The molecule has 5 heteroatoms. The van der Waals surface area contributed by atoms with Crippen LogP contribution in [0.1, 0.15) is 23.7 Å². The van der Waals surface area contributed by atoms with Crippen molar-refractivity contribution in [1.29, 1.82) is 0 Å². The lowest BCUT2D eigenvalue weighted by Crippen LogP contribution is -2.55. The molecule has 1 saturated heterocycles. The summed E-state index contributed by atoms with van der Waals surface area (Å²) in [5.74, 6) is 0.598. The molecule has 0 saturated carbocycles. The van der Waals surface area contributed by atoms with Gasteiger partial charge in [0.05, 0.1) is 11.1 Å². The zero-order chi connectivity index (χ0) is 14.8. The summed E-state index contributed by atoms with van der Waals surface area (Å²) in [6.07, 6.45) is 1.49. The Morgan fingerprint density at radius 3 is 3.00 bits per heavy atom. The molecule has 0 radical (unpaired) electrons. The van der Waals surface area contributed by atoms with Gasteiger partial charge in [-0.2, -0.15) is 0 Å². The lowest BCUT2D eigenvalue weighted by atomic mass is 10.1. The van der Waals surface area contributed by atoms with Gasteiger partial charge in [0.15, 0.2) is 6.29 Å². The summed E-state index contributed by atoms with van der Waals surface area (Å²) in [5.41, 5.74) is 1.36. The highest BCUT2D eigenvalue weighted by Crippen LogP contribution is 2.25. The number of piperazine rings is 1. The van der Waals surface area contributed by atoms with E-state index in [1.807, 2.05) is 42.2 Å². The first-order valence-corrected chi connectivity index (χ1v) is 7.14. The van der Waals surface area contributed by atoms with Crippen molar-refractivity contribution < 1.29 is 9.59 Å². The second kappa shape index (κ2) is 5.52. The van der Waals surface area contributed by atoms with Gasteiger partial charge in [-0.25, -0.2) is 4.98 Å². The van der Waals surface area contributed by atoms with Crippen LogP contribution in [0.2, 0.25) is 0 Å². The van der Waals surface area contributed by atoms with Gasteiger partial charge in [0.25, 0.3) is 0 Å². The topological polar surface area (TPSA) is 62.3 Å². The van der Waals surface area contributed by atoms with Crippen LogP contribution in [0.25, 0.3) is 10.9 Å². The van der Waals surface area contributed by atoms with Gasteiger partial charge >= 0.3 is 0 Å². The minimum Gasteiger partial charge on any atom is -0.353 e. The van der Waals surface area contributed by atoms with Gasteiger partial charge in [0, 0.05) is 18.5 Å². The fourth-order valence-electron chi connectivity index (χ4n) is 2.81. The number of hydrogen-bond acceptors (Lipinski definition) is 4. The van der Waals surface area contributed by atoms with Crippen LogP contribution in [0.15, 0.2) is 30.3 Å². The normalized spacial score (nSPS) is 18.6. The number of amides is 1. The van der Waals surface area contributed by atoms with Gasteiger partial charge in [-0.1, -0.05) is 25.1 Å². The van der Waals surface area contributed by atoms with E-state index in [2.05, 4.69) is 10.3 Å². The average Bonchev–Trinajstić information content (AvgIpc) is 2.53. The smallest absolute Gasteiger partial charge is 0.242 e. The first-order chi connectivity index (χ1) is 10.2. The summed E-state index contributed by atoms with van der Waals surface area (Å²) in [5, 5.41) is 3.79. The van der Waals surface area contributed by atoms with E-state index in [0.29, 0.717) is 30.9 Å². The molecular formula is C16H17N3O2. The van der Waals surface area contributed by atoms with E-state index >= 15 is 0 Å². The number of nitrogens with one attached hydrogen (secondary N) is 1. The maximum Gasteiger partial charge on any atom is 0.242 e. The number of nitrogens with zero attached hydrogens (tertiary/aromatic N) is 2. The molecule has 1 amide bonds. The Labute approximate surface area is 123 Å². The second-order valence-electron chi connectivity index (χ2n) is 5.12. The van der Waals surface area contributed by atoms with Crippen LogP contribution in [-0.2, 0) is 4.79 Å². The molecular weight excluding hydrogens is 266 g/mol. The van der Waals surface area contributed by atoms with Gasteiger partial charge in [0.1, 0.15) is 11.9 Å². The molecule has 1 N–H and O–H groups in total. The van der Waals surface area contributed by atoms with Crippen molar-refractivity contribution in [3.63, 3.8) is 0 Å². The van der Waals surface area contributed by atoms with E-state index < -0.39 is 0 Å². The summed E-state index contributed by atoms with van der Waals surface area (Å²) in [6, 6.07) is 9.24. The van der Waals surface area contributed by atoms with E-state index in [-0.39, 0.29) is 11.9 Å². The second-order valence-corrected chi connectivity index (χ2v) is 5.12. The number of fused-ring (bicyclic) bond motifs is 1. The third-order valence-electron chi connectivity index (χ3n) is 3.85. The summed E-state index contributed by atoms with van der Waals surface area (Å²) in [4.78, 5) is 30.0. The molecule has 1 aliphatic rings. The number of aldehydes is 1. The van der Waals surface area contributed by atoms with Gasteiger partial charge < -0.3 is 10.2 Å². The predicted molar refractivity (Wildman–Crippen MR) is 81.6 cm³/mol. The van der Waals surface area contributed by atoms with Crippen molar-refractivity contribution in [2.45, 2.75) is 19.4 Å². The third kappa shape index (κ3) is 2.35. The van der Waals surface area contributed by atoms with Crippen molar-refractivity contribution >= 4 is 28.9 Å². The number of carbonyl (C=O) groups excluding carboxylic acids is 2. The van der Waals surface area contributed by atoms with Crippen LogP contribution >= 0.6 is 0 Å². The fraction of sp³-hybridized carbons (Fsp3) is 0.312. The van der Waals surface area contributed by atoms with E-state index in [1.54, 1.807) is 0 Å². The molecule has 0 bridgehead atoms. The molecule has 1 unspecified atom stereocenters. The van der Waals surface area contributed by atoms with Gasteiger partial charge in [-0.05, 0) is 18.6 Å². The first kappa shape index (κ1) is 13.5. The molecule has 5 nitrogen and oxygen atoms in total. The van der Waals surface area contributed by atoms with E-state index in [1.165, 1.54) is 0 Å². The van der Waals surface area contributed by atoms with Crippen LogP contribution in [0.5, 0.6) is 0 Å². The van der Waals surface area contributed by atoms with Crippen LogP contribution in [0, 0.1) is 0 Å². The van der Waals surface area contributed by atoms with Crippen molar-refractivity contribution in [3.05, 3.63) is 35.9 Å². The largest absolute Gasteiger partial charge is 0.353 e. The molecule has 0 spiro atoms. The van der Waals surface area contributed by atoms with Crippen molar-refractivity contribution in [1.82, 2.24) is 10.3 Å². The lowest BCUT2D eigenvalue weighted by Gasteiger charge is -2.36. The minimum absolute atomic E-state index is 0.00411. The van der Waals surface area contributed by atoms with Crippen LogP contribution in [0.3, 0.4) is 0 Å². The van der Waals surface area contributed by atoms with E-state index in [0.717, 1.165) is 17.2 Å². The Bertz CT molecular complexity index is 699. The standard InChI is InChI=1S/C16H17N3O2/c1-2-14-16(21)17-7-8-19(14)15-12(10-20)9-11-5-3-4-6-13(11)18-15/h3-6,9-10,14H,2,7-8H2,1H3,(H,17,21). The number of aromatic nitrogens is 1. The number of hydrogen-bond donors (Lipinski definition) is 1. The average molecular weight is 283 g/mol. The number of benzene rings is 1. The van der Waals surface area contributed by atoms with Gasteiger partial charge in [-0.15, -0.1) is 0 Å². The minimum atomic E-state index is -0.272. The van der Waals surface area contributed by atoms with E-state index in [4.69, 9.17) is 0 Å². The number of rotatable bonds is 3. The quantitative estimate of drug-likeness (QED) is 0.872. The molecule has 3 rings (SSSR count). The Balaban J connectivity index is 2.13. The number of carbonyl (C=O) groups is 2. The molecule has 21 heavy (non-hydrogen) atoms. The van der Waals surface area contributed by atoms with Gasteiger partial charge in [-0.3, -0.25) is 9.59 Å². The summed E-state index contributed by atoms with van der Waals surface area (Å²) < 4.78 is 0. The molecule has 108 valence electrons. The molecule has 2 aromatic rings. The summed E-state index contributed by atoms with van der Waals surface area (Å²) in [7, 11) is 0. The third-order valence-corrected chi connectivity index (χ3v) is 3.85. The maximum atomic E-state index is 12.0. The maximum absolute atomic E-state index is 12.0. The zero-order valence-corrected chi connectivity index (χ0v) is 11.9. The highest BCUT2D eigenvalue weighted by molar-refractivity contribution is 5.94. The molecule has 1 fully saturated rings. The molecule has 1 atom stereocenters. The molecule has 1 aromatic heterocycles. The predicted octanol–water partition coefficient (Wildman–Crippen LogP) is 1.76. The Kier molecular flexibility index (Phi) is 3.56. The molecule has 0 aliphatic carbocycles. The molecule has 1 aliphatic heterocycles. The van der Waals surface area contributed by atoms with Crippen LogP contribution < -0.4 is 10.2 Å². The van der Waals surface area contributed by atoms with Crippen molar-refractivity contribution in [2.24, 2.45) is 0 Å². The molecule has 1 aromatic carbocycles. The Morgan fingerprint density at radius 1 is 1.43 bits per heavy atom. The zero-order valence-electron chi connectivity index (χ0n) is 11.9. The lowest BCUT2D eigenvalue weighted by molar-refractivity contribution is -0.123. The number of para-hydroxylation sites is 1. The Hall–Kier alpha value is -2.43. The number of anilines is 1. The van der Waals surface area contributed by atoms with Crippen LogP contribution in [-0.4, -0.2) is 36.3 Å². The molecule has 2 heterocycles. The summed E-state index contributed by atoms with van der Waals surface area (Å²) in [6.45, 7) is 3.20. The SMILES string of the molecule is CCC1C(=O)NCCN1c1nc2ccccc2cc1C=O. The number of pyridine rings is 1. The van der Waals surface area contributed by atoms with Crippen molar-refractivity contribution in [3.8, 4) is 0 Å². The highest BCUT2D eigenvalue weighted by Gasteiger charge is 2.30. The monoisotopic (exact) mass is 283 g/mol. The highest BCUT2D eigenvalue weighted by atomic mass is 16.2. The van der Waals surface area contributed by atoms with Crippen molar-refractivity contribution in [2.75, 3.05) is 18.0 Å². The van der Waals surface area contributed by atoms with Crippen LogP contribution in [0.4, 0.5) is 5.82 Å². The summed E-state index contributed by atoms with van der Waals surface area (Å²) >= 11 is 0. The Morgan fingerprint density at radius 2 is 2.24 bits per heavy atom. The van der Waals surface area contributed by atoms with E-state index in [9.17, 15) is 9.59 Å². The fourth-order valence-corrected chi connectivity index (χ4v) is 2.81.